The van der Waals surface area contributed by atoms with Crippen LogP contribution in [0.3, 0.4) is 0 Å². The second-order valence-corrected chi connectivity index (χ2v) is 7.69. The lowest BCUT2D eigenvalue weighted by Gasteiger charge is -2.19. The highest BCUT2D eigenvalue weighted by atomic mass is 32.1. The first-order valence-electron chi connectivity index (χ1n) is 8.89. The van der Waals surface area contributed by atoms with Gasteiger partial charge in [-0.3, -0.25) is 4.98 Å². The SMILES string of the molecule is CCc1cc2c(NC(c3nc(-c4cccnc4)no3)C(C)C)ncnc2s1. The summed E-state index contributed by atoms with van der Waals surface area (Å²) in [6.07, 6.45) is 6.01. The molecule has 8 heteroatoms. The third-order valence-corrected chi connectivity index (χ3v) is 5.50. The van der Waals surface area contributed by atoms with Crippen LogP contribution in [0.5, 0.6) is 0 Å². The van der Waals surface area contributed by atoms with Crippen molar-refractivity contribution >= 4 is 27.4 Å². The van der Waals surface area contributed by atoms with Crippen LogP contribution in [0.1, 0.15) is 37.6 Å². The molecule has 0 aliphatic heterocycles. The Morgan fingerprint density at radius 1 is 1.26 bits per heavy atom. The summed E-state index contributed by atoms with van der Waals surface area (Å²) >= 11 is 1.69. The summed E-state index contributed by atoms with van der Waals surface area (Å²) in [5.41, 5.74) is 0.824. The normalized spacial score (nSPS) is 12.6. The van der Waals surface area contributed by atoms with Crippen molar-refractivity contribution < 1.29 is 4.52 Å². The maximum Gasteiger partial charge on any atom is 0.249 e. The zero-order chi connectivity index (χ0) is 18.8. The molecule has 0 fully saturated rings. The first kappa shape index (κ1) is 17.5. The number of hydrogen-bond acceptors (Lipinski definition) is 8. The number of thiophene rings is 1. The van der Waals surface area contributed by atoms with E-state index in [2.05, 4.69) is 57.2 Å². The predicted octanol–water partition coefficient (Wildman–Crippen LogP) is 4.51. The van der Waals surface area contributed by atoms with Gasteiger partial charge >= 0.3 is 0 Å². The summed E-state index contributed by atoms with van der Waals surface area (Å²) in [7, 11) is 0. The summed E-state index contributed by atoms with van der Waals surface area (Å²) in [6, 6.07) is 5.74. The van der Waals surface area contributed by atoms with Gasteiger partial charge in [0.1, 0.15) is 23.0 Å². The zero-order valence-corrected chi connectivity index (χ0v) is 16.2. The average molecular weight is 380 g/mol. The fraction of sp³-hybridized carbons (Fsp3) is 0.316. The Morgan fingerprint density at radius 3 is 2.89 bits per heavy atom. The van der Waals surface area contributed by atoms with Crippen molar-refractivity contribution in [2.75, 3.05) is 5.32 Å². The number of rotatable bonds is 6. The second-order valence-electron chi connectivity index (χ2n) is 6.57. The van der Waals surface area contributed by atoms with Crippen LogP contribution < -0.4 is 5.32 Å². The van der Waals surface area contributed by atoms with E-state index in [4.69, 9.17) is 4.52 Å². The fourth-order valence-electron chi connectivity index (χ4n) is 2.83. The molecular weight excluding hydrogens is 360 g/mol. The number of nitrogens with one attached hydrogen (secondary N) is 1. The molecule has 0 aromatic carbocycles. The summed E-state index contributed by atoms with van der Waals surface area (Å²) in [6.45, 7) is 6.35. The average Bonchev–Trinajstić information content (AvgIpc) is 3.33. The molecule has 0 saturated carbocycles. The van der Waals surface area contributed by atoms with Gasteiger partial charge in [0, 0.05) is 22.8 Å². The van der Waals surface area contributed by atoms with Gasteiger partial charge in [0.2, 0.25) is 11.7 Å². The van der Waals surface area contributed by atoms with Gasteiger partial charge in [-0.05, 0) is 30.5 Å². The topological polar surface area (TPSA) is 89.6 Å². The molecule has 4 heterocycles. The standard InChI is InChI=1S/C19H20N6OS/c1-4-13-8-14-17(21-10-22-19(14)27-13)23-15(11(2)3)18-24-16(25-26-18)12-6-5-7-20-9-12/h5-11,15H,4H2,1-3H3,(H,21,22,23). The molecule has 7 nitrogen and oxygen atoms in total. The quantitative estimate of drug-likeness (QED) is 0.526. The highest BCUT2D eigenvalue weighted by molar-refractivity contribution is 7.18. The number of aromatic nitrogens is 5. The van der Waals surface area contributed by atoms with Crippen LogP contribution in [0.15, 0.2) is 41.4 Å². The molecule has 1 unspecified atom stereocenters. The third-order valence-electron chi connectivity index (χ3n) is 4.32. The molecule has 27 heavy (non-hydrogen) atoms. The molecule has 4 aromatic heterocycles. The van der Waals surface area contributed by atoms with Gasteiger partial charge < -0.3 is 9.84 Å². The third kappa shape index (κ3) is 3.52. The van der Waals surface area contributed by atoms with Crippen molar-refractivity contribution in [3.8, 4) is 11.4 Å². The molecule has 4 aromatic rings. The van der Waals surface area contributed by atoms with Crippen molar-refractivity contribution in [2.24, 2.45) is 5.92 Å². The van der Waals surface area contributed by atoms with Crippen molar-refractivity contribution in [2.45, 2.75) is 33.2 Å². The Hall–Kier alpha value is -2.87. The minimum Gasteiger partial charge on any atom is -0.358 e. The van der Waals surface area contributed by atoms with Crippen molar-refractivity contribution in [1.29, 1.82) is 0 Å². The van der Waals surface area contributed by atoms with Gasteiger partial charge in [-0.1, -0.05) is 25.9 Å². The molecule has 0 radical (unpaired) electrons. The summed E-state index contributed by atoms with van der Waals surface area (Å²) in [4.78, 5) is 19.8. The van der Waals surface area contributed by atoms with E-state index in [0.717, 1.165) is 28.0 Å². The van der Waals surface area contributed by atoms with E-state index in [1.807, 2.05) is 12.1 Å². The van der Waals surface area contributed by atoms with E-state index in [-0.39, 0.29) is 12.0 Å². The minimum atomic E-state index is -0.161. The van der Waals surface area contributed by atoms with Crippen LogP contribution >= 0.6 is 11.3 Å². The van der Waals surface area contributed by atoms with Crippen LogP contribution in [-0.2, 0) is 6.42 Å². The lowest BCUT2D eigenvalue weighted by molar-refractivity contribution is 0.336. The maximum atomic E-state index is 5.56. The number of nitrogens with zero attached hydrogens (tertiary/aromatic N) is 5. The second kappa shape index (κ2) is 7.40. The summed E-state index contributed by atoms with van der Waals surface area (Å²) in [5.74, 6) is 2.07. The number of aryl methyl sites for hydroxylation is 1. The van der Waals surface area contributed by atoms with Gasteiger partial charge in [-0.2, -0.15) is 4.98 Å². The van der Waals surface area contributed by atoms with E-state index < -0.39 is 0 Å². The first-order chi connectivity index (χ1) is 13.2. The van der Waals surface area contributed by atoms with Crippen molar-refractivity contribution in [1.82, 2.24) is 25.1 Å². The van der Waals surface area contributed by atoms with E-state index in [1.165, 1.54) is 4.88 Å². The molecule has 138 valence electrons. The number of pyridine rings is 1. The Labute approximate surface area is 160 Å². The molecule has 1 atom stereocenters. The van der Waals surface area contributed by atoms with Crippen LogP contribution in [0.25, 0.3) is 21.6 Å². The molecule has 0 spiro atoms. The summed E-state index contributed by atoms with van der Waals surface area (Å²) in [5, 5.41) is 8.62. The fourth-order valence-corrected chi connectivity index (χ4v) is 3.76. The lowest BCUT2D eigenvalue weighted by Crippen LogP contribution is -2.18. The molecule has 0 aliphatic rings. The van der Waals surface area contributed by atoms with Crippen molar-refractivity contribution in [3.05, 3.63) is 47.7 Å². The Morgan fingerprint density at radius 2 is 2.15 bits per heavy atom. The molecule has 0 saturated heterocycles. The molecule has 0 aliphatic carbocycles. The monoisotopic (exact) mass is 380 g/mol. The summed E-state index contributed by atoms with van der Waals surface area (Å²) < 4.78 is 5.56. The number of fused-ring (bicyclic) bond motifs is 1. The van der Waals surface area contributed by atoms with E-state index in [9.17, 15) is 0 Å². The number of anilines is 1. The minimum absolute atomic E-state index is 0.161. The molecule has 1 N–H and O–H groups in total. The van der Waals surface area contributed by atoms with Gasteiger partial charge in [0.05, 0.1) is 5.39 Å². The lowest BCUT2D eigenvalue weighted by atomic mass is 10.0. The molecule has 0 amide bonds. The van der Waals surface area contributed by atoms with Crippen LogP contribution in [-0.4, -0.2) is 25.1 Å². The predicted molar refractivity (Wildman–Crippen MR) is 106 cm³/mol. The molecule has 4 rings (SSSR count). The molecular formula is C19H20N6OS. The van der Waals surface area contributed by atoms with Gasteiger partial charge in [-0.25, -0.2) is 9.97 Å². The smallest absolute Gasteiger partial charge is 0.249 e. The Kier molecular flexibility index (Phi) is 4.81. The first-order valence-corrected chi connectivity index (χ1v) is 9.71. The van der Waals surface area contributed by atoms with E-state index in [1.54, 1.807) is 30.1 Å². The van der Waals surface area contributed by atoms with Gasteiger partial charge in [0.25, 0.3) is 0 Å². The Balaban J connectivity index is 1.67. The Bertz CT molecular complexity index is 1040. The van der Waals surface area contributed by atoms with E-state index >= 15 is 0 Å². The van der Waals surface area contributed by atoms with Crippen LogP contribution in [0.4, 0.5) is 5.82 Å². The van der Waals surface area contributed by atoms with E-state index in [0.29, 0.717) is 11.7 Å². The highest BCUT2D eigenvalue weighted by Crippen LogP contribution is 2.32. The van der Waals surface area contributed by atoms with Crippen molar-refractivity contribution in [3.63, 3.8) is 0 Å². The van der Waals surface area contributed by atoms with Crippen LogP contribution in [0, 0.1) is 5.92 Å². The van der Waals surface area contributed by atoms with Gasteiger partial charge in [0.15, 0.2) is 0 Å². The molecule has 0 bridgehead atoms. The van der Waals surface area contributed by atoms with Gasteiger partial charge in [-0.15, -0.1) is 11.3 Å². The zero-order valence-electron chi connectivity index (χ0n) is 15.4. The highest BCUT2D eigenvalue weighted by Gasteiger charge is 2.24. The maximum absolute atomic E-state index is 5.56. The number of hydrogen-bond donors (Lipinski definition) is 1. The van der Waals surface area contributed by atoms with Crippen LogP contribution in [0.2, 0.25) is 0 Å². The largest absolute Gasteiger partial charge is 0.358 e.